The number of aromatic nitrogens is 2. The number of hydrogen-bond acceptors (Lipinski definition) is 3. The van der Waals surface area contributed by atoms with Gasteiger partial charge in [-0.1, -0.05) is 18.6 Å². The monoisotopic (exact) mass is 349 g/mol. The summed E-state index contributed by atoms with van der Waals surface area (Å²) in [4.78, 5) is 31.1. The molecule has 0 bridgehead atoms. The third-order valence-corrected chi connectivity index (χ3v) is 4.84. The molecule has 0 radical (unpaired) electrons. The van der Waals surface area contributed by atoms with Crippen molar-refractivity contribution in [3.63, 3.8) is 0 Å². The molecule has 1 amide bonds. The van der Waals surface area contributed by atoms with Crippen molar-refractivity contribution in [3.05, 3.63) is 59.4 Å². The first-order valence-corrected chi connectivity index (χ1v) is 8.70. The Balaban J connectivity index is 1.44. The van der Waals surface area contributed by atoms with Crippen molar-refractivity contribution in [2.24, 2.45) is 0 Å². The lowest BCUT2D eigenvalue weighted by atomic mass is 9.85. The molecule has 26 heavy (non-hydrogen) atoms. The Labute approximate surface area is 150 Å². The van der Waals surface area contributed by atoms with E-state index in [2.05, 4.69) is 15.3 Å². The van der Waals surface area contributed by atoms with E-state index >= 15 is 0 Å². The van der Waals surface area contributed by atoms with Crippen molar-refractivity contribution in [2.75, 3.05) is 5.32 Å². The van der Waals surface area contributed by atoms with Crippen LogP contribution in [0.25, 0.3) is 11.0 Å². The van der Waals surface area contributed by atoms with Gasteiger partial charge in [0.25, 0.3) is 0 Å². The summed E-state index contributed by atoms with van der Waals surface area (Å²) in [7, 11) is 0. The fraction of sp³-hybridized carbons (Fsp3) is 0.250. The maximum atomic E-state index is 12.3. The predicted molar refractivity (Wildman–Crippen MR) is 98.4 cm³/mol. The molecule has 0 unspecified atom stereocenters. The summed E-state index contributed by atoms with van der Waals surface area (Å²) in [5, 5.41) is 11.8. The number of carbonyl (C=O) groups is 2. The molecule has 4 rings (SSSR count). The number of carboxylic acids is 1. The first-order valence-electron chi connectivity index (χ1n) is 8.70. The van der Waals surface area contributed by atoms with Crippen LogP contribution in [-0.4, -0.2) is 27.0 Å². The molecular formula is C20H19N3O3. The quantitative estimate of drug-likeness (QED) is 0.654. The van der Waals surface area contributed by atoms with Gasteiger partial charge in [0.2, 0.25) is 5.91 Å². The Kier molecular flexibility index (Phi) is 4.16. The minimum Gasteiger partial charge on any atom is -0.478 e. The standard InChI is InChI=1S/C20H19N3O3/c24-18(10-12-4-6-14(7-5-12)20(25)26)21-15-8-9-16-17(11-15)23-19(22-16)13-2-1-3-13/h4-9,11,13H,1-3,10H2,(H,21,24)(H,22,23)(H,25,26). The minimum absolute atomic E-state index is 0.147. The first-order chi connectivity index (χ1) is 12.6. The Morgan fingerprint density at radius 3 is 2.58 bits per heavy atom. The number of nitrogens with zero attached hydrogens (tertiary/aromatic N) is 1. The average Bonchev–Trinajstić information content (AvgIpc) is 2.96. The van der Waals surface area contributed by atoms with E-state index < -0.39 is 5.97 Å². The van der Waals surface area contributed by atoms with Crippen LogP contribution in [0.5, 0.6) is 0 Å². The fourth-order valence-electron chi connectivity index (χ4n) is 3.14. The van der Waals surface area contributed by atoms with E-state index in [-0.39, 0.29) is 17.9 Å². The number of rotatable bonds is 5. The van der Waals surface area contributed by atoms with E-state index in [1.54, 1.807) is 12.1 Å². The number of imidazole rings is 1. The molecule has 1 aliphatic rings. The van der Waals surface area contributed by atoms with Crippen LogP contribution < -0.4 is 5.32 Å². The second-order valence-corrected chi connectivity index (χ2v) is 6.71. The van der Waals surface area contributed by atoms with Gasteiger partial charge in [0.1, 0.15) is 5.82 Å². The van der Waals surface area contributed by atoms with Crippen LogP contribution in [0.15, 0.2) is 42.5 Å². The molecule has 1 aliphatic carbocycles. The highest BCUT2D eigenvalue weighted by atomic mass is 16.4. The van der Waals surface area contributed by atoms with Gasteiger partial charge in [0, 0.05) is 11.6 Å². The molecule has 0 spiro atoms. The largest absolute Gasteiger partial charge is 0.478 e. The Morgan fingerprint density at radius 2 is 1.92 bits per heavy atom. The van der Waals surface area contributed by atoms with Gasteiger partial charge in [0.05, 0.1) is 23.0 Å². The summed E-state index contributed by atoms with van der Waals surface area (Å²) in [5.41, 5.74) is 3.53. The lowest BCUT2D eigenvalue weighted by Crippen LogP contribution is -2.14. The molecule has 6 nitrogen and oxygen atoms in total. The highest BCUT2D eigenvalue weighted by Crippen LogP contribution is 2.35. The number of carboxylic acid groups (broad SMARTS) is 1. The number of aromatic carboxylic acids is 1. The van der Waals surface area contributed by atoms with Crippen LogP contribution in [0.4, 0.5) is 5.69 Å². The number of H-pyrrole nitrogens is 1. The topological polar surface area (TPSA) is 95.1 Å². The predicted octanol–water partition coefficient (Wildman–Crippen LogP) is 3.71. The zero-order valence-corrected chi connectivity index (χ0v) is 14.2. The van der Waals surface area contributed by atoms with Crippen molar-refractivity contribution >= 4 is 28.6 Å². The molecule has 2 aromatic carbocycles. The van der Waals surface area contributed by atoms with Gasteiger partial charge in [-0.25, -0.2) is 9.78 Å². The molecule has 1 saturated carbocycles. The second kappa shape index (κ2) is 6.63. The molecule has 0 aliphatic heterocycles. The van der Waals surface area contributed by atoms with Gasteiger partial charge >= 0.3 is 5.97 Å². The van der Waals surface area contributed by atoms with Gasteiger partial charge in [-0.15, -0.1) is 0 Å². The molecule has 0 saturated heterocycles. The average molecular weight is 349 g/mol. The molecule has 0 atom stereocenters. The Hall–Kier alpha value is -3.15. The van der Waals surface area contributed by atoms with Gasteiger partial charge in [-0.3, -0.25) is 4.79 Å². The van der Waals surface area contributed by atoms with E-state index in [1.807, 2.05) is 18.2 Å². The maximum absolute atomic E-state index is 12.3. The highest BCUT2D eigenvalue weighted by molar-refractivity contribution is 5.94. The number of amides is 1. The maximum Gasteiger partial charge on any atom is 0.335 e. The SMILES string of the molecule is O=C(Cc1ccc(C(=O)O)cc1)Nc1ccc2nc(C3CCC3)[nH]c2c1. The third-order valence-electron chi connectivity index (χ3n) is 4.84. The second-order valence-electron chi connectivity index (χ2n) is 6.71. The van der Waals surface area contributed by atoms with E-state index in [0.717, 1.165) is 22.4 Å². The lowest BCUT2D eigenvalue weighted by Gasteiger charge is -2.22. The van der Waals surface area contributed by atoms with Crippen molar-refractivity contribution < 1.29 is 14.7 Å². The normalized spacial score (nSPS) is 14.2. The number of fused-ring (bicyclic) bond motifs is 1. The Morgan fingerprint density at radius 1 is 1.15 bits per heavy atom. The van der Waals surface area contributed by atoms with Crippen molar-refractivity contribution in [1.29, 1.82) is 0 Å². The summed E-state index contributed by atoms with van der Waals surface area (Å²) >= 11 is 0. The van der Waals surface area contributed by atoms with E-state index in [0.29, 0.717) is 11.6 Å². The molecule has 132 valence electrons. The molecule has 1 fully saturated rings. The zero-order valence-electron chi connectivity index (χ0n) is 14.2. The molecule has 3 N–H and O–H groups in total. The first kappa shape index (κ1) is 16.3. The van der Waals surface area contributed by atoms with Crippen molar-refractivity contribution in [2.45, 2.75) is 31.6 Å². The number of benzene rings is 2. The van der Waals surface area contributed by atoms with Gasteiger partial charge in [-0.05, 0) is 48.7 Å². The van der Waals surface area contributed by atoms with Crippen LogP contribution in [0.3, 0.4) is 0 Å². The van der Waals surface area contributed by atoms with Crippen LogP contribution in [0, 0.1) is 0 Å². The third kappa shape index (κ3) is 3.31. The Bertz CT molecular complexity index is 972. The number of hydrogen-bond donors (Lipinski definition) is 3. The molecule has 3 aromatic rings. The zero-order chi connectivity index (χ0) is 18.1. The summed E-state index contributed by atoms with van der Waals surface area (Å²) in [6, 6.07) is 12.0. The van der Waals surface area contributed by atoms with Crippen molar-refractivity contribution in [1.82, 2.24) is 9.97 Å². The highest BCUT2D eigenvalue weighted by Gasteiger charge is 2.22. The summed E-state index contributed by atoms with van der Waals surface area (Å²) in [6.45, 7) is 0. The molecule has 1 aromatic heterocycles. The minimum atomic E-state index is -0.977. The summed E-state index contributed by atoms with van der Waals surface area (Å²) in [5.74, 6) is 0.448. The van der Waals surface area contributed by atoms with Crippen LogP contribution >= 0.6 is 0 Å². The van der Waals surface area contributed by atoms with Crippen LogP contribution in [0.1, 0.15) is 46.9 Å². The van der Waals surface area contributed by atoms with Gasteiger partial charge in [-0.2, -0.15) is 0 Å². The molecular weight excluding hydrogens is 330 g/mol. The van der Waals surface area contributed by atoms with E-state index in [1.165, 1.54) is 31.4 Å². The number of anilines is 1. The van der Waals surface area contributed by atoms with Gasteiger partial charge in [0.15, 0.2) is 0 Å². The lowest BCUT2D eigenvalue weighted by molar-refractivity contribution is -0.115. The van der Waals surface area contributed by atoms with Crippen molar-refractivity contribution in [3.8, 4) is 0 Å². The number of nitrogens with one attached hydrogen (secondary N) is 2. The summed E-state index contributed by atoms with van der Waals surface area (Å²) in [6.07, 6.45) is 3.82. The van der Waals surface area contributed by atoms with Crippen LogP contribution in [0.2, 0.25) is 0 Å². The van der Waals surface area contributed by atoms with E-state index in [9.17, 15) is 9.59 Å². The number of aromatic amines is 1. The van der Waals surface area contributed by atoms with Crippen LogP contribution in [-0.2, 0) is 11.2 Å². The fourth-order valence-corrected chi connectivity index (χ4v) is 3.14. The summed E-state index contributed by atoms with van der Waals surface area (Å²) < 4.78 is 0. The molecule has 6 heteroatoms. The van der Waals surface area contributed by atoms with Gasteiger partial charge < -0.3 is 15.4 Å². The molecule has 1 heterocycles. The number of carbonyl (C=O) groups excluding carboxylic acids is 1. The smallest absolute Gasteiger partial charge is 0.335 e. The van der Waals surface area contributed by atoms with E-state index in [4.69, 9.17) is 5.11 Å².